The lowest BCUT2D eigenvalue weighted by atomic mass is 10.1. The zero-order valence-corrected chi connectivity index (χ0v) is 12.2. The Labute approximate surface area is 120 Å². The highest BCUT2D eigenvalue weighted by molar-refractivity contribution is 5.73. The van der Waals surface area contributed by atoms with Crippen molar-refractivity contribution in [2.75, 3.05) is 13.2 Å². The van der Waals surface area contributed by atoms with Crippen LogP contribution in [0, 0.1) is 0 Å². The van der Waals surface area contributed by atoms with Gasteiger partial charge in [0.2, 0.25) is 0 Å². The quantitative estimate of drug-likeness (QED) is 0.868. The predicted molar refractivity (Wildman–Crippen MR) is 78.0 cm³/mol. The molecule has 4 heteroatoms. The van der Waals surface area contributed by atoms with Gasteiger partial charge in [0.1, 0.15) is 11.8 Å². The maximum absolute atomic E-state index is 11.3. The maximum Gasteiger partial charge on any atom is 0.320 e. The van der Waals surface area contributed by atoms with Gasteiger partial charge in [-0.15, -0.1) is 0 Å². The number of hydrogen-bond acceptors (Lipinski definition) is 3. The molecule has 0 spiro atoms. The number of carbonyl (C=O) groups is 1. The highest BCUT2D eigenvalue weighted by Crippen LogP contribution is 2.30. The standard InChI is InChI=1S/C16H23NO3/c1-3-11-20-14-8-6-13(7-9-14)12(2)17-10-4-5-15(17)16(18)19/h6-9,12,15H,3-5,10-11H2,1-2H3,(H,18,19). The number of carboxylic acid groups (broad SMARTS) is 1. The smallest absolute Gasteiger partial charge is 0.320 e. The summed E-state index contributed by atoms with van der Waals surface area (Å²) in [6, 6.07) is 7.78. The first-order valence-electron chi connectivity index (χ1n) is 7.34. The van der Waals surface area contributed by atoms with Crippen LogP contribution < -0.4 is 4.74 Å². The molecule has 1 fully saturated rings. The van der Waals surface area contributed by atoms with Crippen LogP contribution >= 0.6 is 0 Å². The van der Waals surface area contributed by atoms with E-state index in [0.29, 0.717) is 0 Å². The van der Waals surface area contributed by atoms with E-state index in [9.17, 15) is 9.90 Å². The van der Waals surface area contributed by atoms with Crippen LogP contribution in [0.25, 0.3) is 0 Å². The summed E-state index contributed by atoms with van der Waals surface area (Å²) >= 11 is 0. The molecule has 4 nitrogen and oxygen atoms in total. The van der Waals surface area contributed by atoms with Crippen LogP contribution in [0.1, 0.15) is 44.7 Å². The van der Waals surface area contributed by atoms with Crippen molar-refractivity contribution in [3.05, 3.63) is 29.8 Å². The van der Waals surface area contributed by atoms with Crippen molar-refractivity contribution in [3.8, 4) is 5.75 Å². The summed E-state index contributed by atoms with van der Waals surface area (Å²) in [4.78, 5) is 13.3. The second-order valence-corrected chi connectivity index (χ2v) is 5.33. The molecular formula is C16H23NO3. The molecule has 2 unspecified atom stereocenters. The van der Waals surface area contributed by atoms with Gasteiger partial charge in [-0.2, -0.15) is 0 Å². The Kier molecular flexibility index (Phi) is 5.01. The molecular weight excluding hydrogens is 254 g/mol. The first kappa shape index (κ1) is 14.9. The topological polar surface area (TPSA) is 49.8 Å². The van der Waals surface area contributed by atoms with Crippen molar-refractivity contribution in [2.45, 2.75) is 45.2 Å². The van der Waals surface area contributed by atoms with Gasteiger partial charge >= 0.3 is 5.97 Å². The van der Waals surface area contributed by atoms with Gasteiger partial charge in [0.15, 0.2) is 0 Å². The third kappa shape index (κ3) is 3.31. The molecule has 1 aliphatic rings. The molecule has 0 bridgehead atoms. The molecule has 110 valence electrons. The van der Waals surface area contributed by atoms with E-state index in [1.54, 1.807) is 0 Å². The fraction of sp³-hybridized carbons (Fsp3) is 0.562. The summed E-state index contributed by atoms with van der Waals surface area (Å²) in [5, 5.41) is 9.26. The van der Waals surface area contributed by atoms with Crippen molar-refractivity contribution >= 4 is 5.97 Å². The third-order valence-corrected chi connectivity index (χ3v) is 3.91. The van der Waals surface area contributed by atoms with Gasteiger partial charge in [-0.05, 0) is 50.4 Å². The third-order valence-electron chi connectivity index (χ3n) is 3.91. The van der Waals surface area contributed by atoms with Crippen molar-refractivity contribution in [1.29, 1.82) is 0 Å². The van der Waals surface area contributed by atoms with Crippen LogP contribution in [-0.2, 0) is 4.79 Å². The van der Waals surface area contributed by atoms with E-state index in [1.807, 2.05) is 24.3 Å². The molecule has 1 aromatic rings. The number of ether oxygens (including phenoxy) is 1. The monoisotopic (exact) mass is 277 g/mol. The summed E-state index contributed by atoms with van der Waals surface area (Å²) in [7, 11) is 0. The van der Waals surface area contributed by atoms with Gasteiger partial charge in [-0.3, -0.25) is 9.69 Å². The molecule has 1 N–H and O–H groups in total. The summed E-state index contributed by atoms with van der Waals surface area (Å²) in [5.74, 6) is 0.163. The molecule has 2 rings (SSSR count). The summed E-state index contributed by atoms with van der Waals surface area (Å²) in [6.45, 7) is 5.73. The van der Waals surface area contributed by atoms with E-state index in [-0.39, 0.29) is 12.1 Å². The summed E-state index contributed by atoms with van der Waals surface area (Å²) < 4.78 is 5.57. The number of likely N-dealkylation sites (tertiary alicyclic amines) is 1. The molecule has 1 aliphatic heterocycles. The average molecular weight is 277 g/mol. The minimum Gasteiger partial charge on any atom is -0.494 e. The molecule has 2 atom stereocenters. The van der Waals surface area contributed by atoms with E-state index in [0.717, 1.165) is 43.7 Å². The van der Waals surface area contributed by atoms with E-state index in [4.69, 9.17) is 4.74 Å². The molecule has 0 amide bonds. The van der Waals surface area contributed by atoms with Crippen molar-refractivity contribution in [2.24, 2.45) is 0 Å². The van der Waals surface area contributed by atoms with E-state index in [2.05, 4.69) is 18.7 Å². The number of hydrogen-bond donors (Lipinski definition) is 1. The fourth-order valence-electron chi connectivity index (χ4n) is 2.77. The lowest BCUT2D eigenvalue weighted by Crippen LogP contribution is -2.37. The Hall–Kier alpha value is -1.55. The molecule has 0 aromatic heterocycles. The Morgan fingerprint density at radius 1 is 1.45 bits per heavy atom. The first-order valence-corrected chi connectivity index (χ1v) is 7.34. The van der Waals surface area contributed by atoms with Gasteiger partial charge in [0.25, 0.3) is 0 Å². The minimum absolute atomic E-state index is 0.124. The summed E-state index contributed by atoms with van der Waals surface area (Å²) in [6.07, 6.45) is 2.70. The Morgan fingerprint density at radius 2 is 2.15 bits per heavy atom. The van der Waals surface area contributed by atoms with Crippen molar-refractivity contribution < 1.29 is 14.6 Å². The molecule has 20 heavy (non-hydrogen) atoms. The maximum atomic E-state index is 11.3. The van der Waals surface area contributed by atoms with Gasteiger partial charge in [0, 0.05) is 6.04 Å². The zero-order valence-electron chi connectivity index (χ0n) is 12.2. The zero-order chi connectivity index (χ0) is 14.5. The molecule has 1 aromatic carbocycles. The van der Waals surface area contributed by atoms with Gasteiger partial charge < -0.3 is 9.84 Å². The van der Waals surface area contributed by atoms with Crippen LogP contribution in [0.15, 0.2) is 24.3 Å². The number of nitrogens with zero attached hydrogens (tertiary/aromatic N) is 1. The number of aliphatic carboxylic acids is 1. The van der Waals surface area contributed by atoms with E-state index in [1.165, 1.54) is 0 Å². The van der Waals surface area contributed by atoms with Crippen LogP contribution in [0.3, 0.4) is 0 Å². The predicted octanol–water partition coefficient (Wildman–Crippen LogP) is 3.09. The lowest BCUT2D eigenvalue weighted by Gasteiger charge is -2.28. The number of rotatable bonds is 6. The van der Waals surface area contributed by atoms with Crippen LogP contribution in [-0.4, -0.2) is 35.2 Å². The largest absolute Gasteiger partial charge is 0.494 e. The number of carboxylic acids is 1. The fourth-order valence-corrected chi connectivity index (χ4v) is 2.77. The van der Waals surface area contributed by atoms with E-state index >= 15 is 0 Å². The SMILES string of the molecule is CCCOc1ccc(C(C)N2CCCC2C(=O)O)cc1. The highest BCUT2D eigenvalue weighted by Gasteiger charge is 2.33. The first-order chi connectivity index (χ1) is 9.63. The Bertz CT molecular complexity index is 444. The molecule has 0 aliphatic carbocycles. The van der Waals surface area contributed by atoms with Crippen molar-refractivity contribution in [3.63, 3.8) is 0 Å². The molecule has 0 radical (unpaired) electrons. The number of benzene rings is 1. The van der Waals surface area contributed by atoms with Gasteiger partial charge in [-0.25, -0.2) is 0 Å². The molecule has 1 heterocycles. The second kappa shape index (κ2) is 6.75. The molecule has 1 saturated heterocycles. The molecule has 0 saturated carbocycles. The Balaban J connectivity index is 2.05. The van der Waals surface area contributed by atoms with Crippen molar-refractivity contribution in [1.82, 2.24) is 4.90 Å². The van der Waals surface area contributed by atoms with Crippen LogP contribution in [0.2, 0.25) is 0 Å². The summed E-state index contributed by atoms with van der Waals surface area (Å²) in [5.41, 5.74) is 1.14. The average Bonchev–Trinajstić information content (AvgIpc) is 2.94. The normalized spacial score (nSPS) is 20.8. The van der Waals surface area contributed by atoms with Gasteiger partial charge in [0.05, 0.1) is 6.61 Å². The Morgan fingerprint density at radius 3 is 2.75 bits per heavy atom. The van der Waals surface area contributed by atoms with E-state index < -0.39 is 5.97 Å². The second-order valence-electron chi connectivity index (χ2n) is 5.33. The van der Waals surface area contributed by atoms with Crippen LogP contribution in [0.5, 0.6) is 5.75 Å². The highest BCUT2D eigenvalue weighted by atomic mass is 16.5. The van der Waals surface area contributed by atoms with Crippen LogP contribution in [0.4, 0.5) is 0 Å². The lowest BCUT2D eigenvalue weighted by molar-refractivity contribution is -0.142. The van der Waals surface area contributed by atoms with Gasteiger partial charge in [-0.1, -0.05) is 19.1 Å². The minimum atomic E-state index is -0.711.